The molecule has 0 aliphatic heterocycles. The summed E-state index contributed by atoms with van der Waals surface area (Å²) in [7, 11) is -7.56. The SMILES string of the molecule is C#CCn1c(=NC(=O)CCCS(=O)(=O)c2ccc(F)cc2)sc2cc(S(N)(=O)=O)ccc21. The quantitative estimate of drug-likeness (QED) is 0.395. The van der Waals surface area contributed by atoms with Crippen molar-refractivity contribution < 1.29 is 26.0 Å². The van der Waals surface area contributed by atoms with E-state index >= 15 is 0 Å². The Bertz CT molecular complexity index is 1500. The van der Waals surface area contributed by atoms with Crippen LogP contribution in [0.4, 0.5) is 4.39 Å². The molecule has 12 heteroatoms. The molecule has 2 N–H and O–H groups in total. The van der Waals surface area contributed by atoms with Crippen molar-refractivity contribution in [2.24, 2.45) is 10.1 Å². The number of benzene rings is 2. The van der Waals surface area contributed by atoms with Crippen LogP contribution < -0.4 is 9.94 Å². The number of amides is 1. The fourth-order valence-corrected chi connectivity index (χ4v) is 5.91. The van der Waals surface area contributed by atoms with E-state index in [0.29, 0.717) is 10.2 Å². The highest BCUT2D eigenvalue weighted by atomic mass is 32.2. The molecule has 3 rings (SSSR count). The van der Waals surface area contributed by atoms with Crippen LogP contribution in [0.1, 0.15) is 12.8 Å². The van der Waals surface area contributed by atoms with Gasteiger partial charge < -0.3 is 4.57 Å². The lowest BCUT2D eigenvalue weighted by atomic mass is 10.3. The zero-order valence-corrected chi connectivity index (χ0v) is 19.0. The van der Waals surface area contributed by atoms with E-state index in [-0.39, 0.29) is 39.7 Å². The normalized spacial score (nSPS) is 12.7. The molecule has 0 spiro atoms. The molecule has 1 amide bonds. The van der Waals surface area contributed by atoms with Gasteiger partial charge >= 0.3 is 0 Å². The molecule has 0 saturated carbocycles. The van der Waals surface area contributed by atoms with Gasteiger partial charge in [-0.05, 0) is 48.9 Å². The van der Waals surface area contributed by atoms with Crippen molar-refractivity contribution in [3.8, 4) is 12.3 Å². The molecule has 1 aromatic heterocycles. The van der Waals surface area contributed by atoms with Crippen molar-refractivity contribution in [3.63, 3.8) is 0 Å². The third kappa shape index (κ3) is 5.49. The lowest BCUT2D eigenvalue weighted by Crippen LogP contribution is -2.17. The Labute approximate surface area is 188 Å². The van der Waals surface area contributed by atoms with Crippen molar-refractivity contribution >= 4 is 47.3 Å². The van der Waals surface area contributed by atoms with Crippen molar-refractivity contribution in [1.29, 1.82) is 0 Å². The Hall–Kier alpha value is -2.85. The Morgan fingerprint density at radius 1 is 1.12 bits per heavy atom. The molecule has 0 unspecified atom stereocenters. The standard InChI is InChI=1S/C20H18FN3O5S3/c1-2-11-24-17-10-9-16(32(22,28)29)13-18(17)30-20(24)23-19(25)4-3-12-31(26,27)15-7-5-14(21)6-8-15/h1,5-10,13H,3-4,11-12H2,(H2,22,28,29). The zero-order valence-electron chi connectivity index (χ0n) is 16.6. The third-order valence-corrected chi connectivity index (χ3v) is 8.20. The molecular formula is C20H18FN3O5S3. The van der Waals surface area contributed by atoms with Crippen LogP contribution in [0, 0.1) is 18.2 Å². The second kappa shape index (κ2) is 9.33. The summed E-state index contributed by atoms with van der Waals surface area (Å²) in [4.78, 5) is 16.5. The number of nitrogens with zero attached hydrogens (tertiary/aromatic N) is 2. The molecule has 0 aliphatic rings. The molecule has 0 saturated heterocycles. The van der Waals surface area contributed by atoms with Crippen LogP contribution in [0.2, 0.25) is 0 Å². The van der Waals surface area contributed by atoms with Crippen LogP contribution in [0.15, 0.2) is 57.2 Å². The van der Waals surface area contributed by atoms with E-state index in [2.05, 4.69) is 10.9 Å². The van der Waals surface area contributed by atoms with Crippen LogP contribution >= 0.6 is 11.3 Å². The van der Waals surface area contributed by atoms with Gasteiger partial charge in [-0.3, -0.25) is 4.79 Å². The Morgan fingerprint density at radius 2 is 1.78 bits per heavy atom. The van der Waals surface area contributed by atoms with Gasteiger partial charge in [-0.1, -0.05) is 17.3 Å². The fraction of sp³-hybridized carbons (Fsp3) is 0.200. The molecule has 32 heavy (non-hydrogen) atoms. The van der Waals surface area contributed by atoms with E-state index in [9.17, 15) is 26.0 Å². The topological polar surface area (TPSA) is 129 Å². The number of thiazole rings is 1. The Balaban J connectivity index is 1.81. The molecule has 8 nitrogen and oxygen atoms in total. The number of fused-ring (bicyclic) bond motifs is 1. The van der Waals surface area contributed by atoms with Crippen molar-refractivity contribution in [2.75, 3.05) is 5.75 Å². The molecule has 0 aliphatic carbocycles. The van der Waals surface area contributed by atoms with Crippen LogP contribution in [-0.4, -0.2) is 33.1 Å². The van der Waals surface area contributed by atoms with Gasteiger partial charge in [0.25, 0.3) is 0 Å². The number of terminal acetylenes is 1. The minimum absolute atomic E-state index is 0.0229. The second-order valence-corrected chi connectivity index (χ2v) is 11.4. The van der Waals surface area contributed by atoms with Crippen LogP contribution in [0.5, 0.6) is 0 Å². The summed E-state index contributed by atoms with van der Waals surface area (Å²) in [5, 5.41) is 5.16. The van der Waals surface area contributed by atoms with Gasteiger partial charge in [0, 0.05) is 6.42 Å². The summed E-state index contributed by atoms with van der Waals surface area (Å²) in [6, 6.07) is 8.70. The minimum atomic E-state index is -3.90. The maximum atomic E-state index is 13.0. The molecule has 1 heterocycles. The smallest absolute Gasteiger partial charge is 0.248 e. The average Bonchev–Trinajstić information content (AvgIpc) is 3.04. The van der Waals surface area contributed by atoms with Gasteiger partial charge in [-0.15, -0.1) is 6.42 Å². The summed E-state index contributed by atoms with van der Waals surface area (Å²) in [6.07, 6.45) is 5.30. The van der Waals surface area contributed by atoms with Gasteiger partial charge in [0.05, 0.1) is 32.3 Å². The highest BCUT2D eigenvalue weighted by molar-refractivity contribution is 7.91. The van der Waals surface area contributed by atoms with Crippen LogP contribution in [0.25, 0.3) is 10.2 Å². The Kier molecular flexibility index (Phi) is 6.94. The fourth-order valence-electron chi connectivity index (χ4n) is 2.90. The first-order chi connectivity index (χ1) is 15.0. The van der Waals surface area contributed by atoms with Crippen molar-refractivity contribution in [2.45, 2.75) is 29.2 Å². The van der Waals surface area contributed by atoms with E-state index in [1.165, 1.54) is 30.3 Å². The number of aromatic nitrogens is 1. The van der Waals surface area contributed by atoms with Gasteiger partial charge in [-0.25, -0.2) is 26.4 Å². The number of carbonyl (C=O) groups excluding carboxylic acids is 1. The number of hydrogen-bond donors (Lipinski definition) is 1. The van der Waals surface area contributed by atoms with E-state index in [1.54, 1.807) is 4.57 Å². The molecule has 3 aromatic rings. The van der Waals surface area contributed by atoms with E-state index in [4.69, 9.17) is 11.6 Å². The first kappa shape index (κ1) is 23.8. The average molecular weight is 496 g/mol. The number of sulfone groups is 1. The number of sulfonamides is 1. The monoisotopic (exact) mass is 495 g/mol. The first-order valence-corrected chi connectivity index (χ1v) is 13.2. The number of carbonyl (C=O) groups is 1. The highest BCUT2D eigenvalue weighted by Gasteiger charge is 2.16. The van der Waals surface area contributed by atoms with Gasteiger partial charge in [0.1, 0.15) is 5.82 Å². The maximum Gasteiger partial charge on any atom is 0.248 e. The summed E-state index contributed by atoms with van der Waals surface area (Å²) in [5.74, 6) is 1.06. The van der Waals surface area contributed by atoms with Crippen molar-refractivity contribution in [1.82, 2.24) is 4.57 Å². The lowest BCUT2D eigenvalue weighted by Gasteiger charge is -2.03. The Morgan fingerprint density at radius 3 is 2.41 bits per heavy atom. The summed E-state index contributed by atoms with van der Waals surface area (Å²) >= 11 is 1.07. The van der Waals surface area contributed by atoms with Crippen LogP contribution in [-0.2, 0) is 31.2 Å². The minimum Gasteiger partial charge on any atom is -0.305 e. The van der Waals surface area contributed by atoms with E-state index in [1.807, 2.05) is 0 Å². The van der Waals surface area contributed by atoms with Crippen LogP contribution in [0.3, 0.4) is 0 Å². The van der Waals surface area contributed by atoms with Gasteiger partial charge in [0.15, 0.2) is 14.6 Å². The van der Waals surface area contributed by atoms with Crippen molar-refractivity contribution in [3.05, 3.63) is 53.1 Å². The zero-order chi connectivity index (χ0) is 23.5. The predicted octanol–water partition coefficient (Wildman–Crippen LogP) is 1.80. The highest BCUT2D eigenvalue weighted by Crippen LogP contribution is 2.21. The molecule has 2 aromatic carbocycles. The van der Waals surface area contributed by atoms with E-state index < -0.39 is 31.6 Å². The number of nitrogens with two attached hydrogens (primary N) is 1. The van der Waals surface area contributed by atoms with Gasteiger partial charge in [0.2, 0.25) is 15.9 Å². The molecule has 0 bridgehead atoms. The first-order valence-electron chi connectivity index (χ1n) is 9.17. The maximum absolute atomic E-state index is 13.0. The summed E-state index contributed by atoms with van der Waals surface area (Å²) in [6.45, 7) is 0.0970. The lowest BCUT2D eigenvalue weighted by molar-refractivity contribution is -0.118. The molecule has 168 valence electrons. The number of hydrogen-bond acceptors (Lipinski definition) is 6. The number of rotatable bonds is 7. The third-order valence-electron chi connectivity index (χ3n) is 4.43. The molecule has 0 fully saturated rings. The molecule has 0 atom stereocenters. The molecular weight excluding hydrogens is 477 g/mol. The van der Waals surface area contributed by atoms with E-state index in [0.717, 1.165) is 23.5 Å². The predicted molar refractivity (Wildman–Crippen MR) is 118 cm³/mol. The molecule has 0 radical (unpaired) electrons. The number of primary sulfonamides is 1. The second-order valence-electron chi connectivity index (χ2n) is 6.73. The largest absolute Gasteiger partial charge is 0.305 e. The number of halogens is 1. The van der Waals surface area contributed by atoms with Gasteiger partial charge in [-0.2, -0.15) is 4.99 Å². The summed E-state index contributed by atoms with van der Waals surface area (Å²) in [5.41, 5.74) is 0.589. The summed E-state index contributed by atoms with van der Waals surface area (Å²) < 4.78 is 62.9.